The number of ether oxygens (including phenoxy) is 1. The van der Waals surface area contributed by atoms with Crippen molar-refractivity contribution in [1.29, 1.82) is 0 Å². The van der Waals surface area contributed by atoms with Crippen molar-refractivity contribution in [2.75, 3.05) is 6.61 Å². The van der Waals surface area contributed by atoms with E-state index in [0.29, 0.717) is 12.8 Å². The number of halogens is 2. The Kier molecular flexibility index (Phi) is 6.05. The molecule has 0 aromatic carbocycles. The highest BCUT2D eigenvalue weighted by atomic mass is 19.3. The summed E-state index contributed by atoms with van der Waals surface area (Å²) in [7, 11) is 0. The smallest absolute Gasteiger partial charge is 0.316 e. The highest BCUT2D eigenvalue weighted by Crippen LogP contribution is 2.29. The third kappa shape index (κ3) is 4.36. The van der Waals surface area contributed by atoms with Gasteiger partial charge >= 0.3 is 5.97 Å². The molecular formula is C13H18F2O4. The summed E-state index contributed by atoms with van der Waals surface area (Å²) in [6, 6.07) is 0. The van der Waals surface area contributed by atoms with Gasteiger partial charge in [-0.1, -0.05) is 12.8 Å². The Labute approximate surface area is 110 Å². The molecule has 0 aromatic rings. The van der Waals surface area contributed by atoms with Gasteiger partial charge in [0, 0.05) is 12.3 Å². The summed E-state index contributed by atoms with van der Waals surface area (Å²) < 4.78 is 29.2. The molecule has 1 saturated carbocycles. The van der Waals surface area contributed by atoms with Gasteiger partial charge in [0.2, 0.25) is 0 Å². The number of carbonyl (C=O) groups is 3. The van der Waals surface area contributed by atoms with Crippen LogP contribution in [-0.2, 0) is 19.1 Å². The number of hydrogen-bond acceptors (Lipinski definition) is 4. The summed E-state index contributed by atoms with van der Waals surface area (Å²) >= 11 is 0. The zero-order valence-electron chi connectivity index (χ0n) is 10.9. The van der Waals surface area contributed by atoms with Gasteiger partial charge in [-0.3, -0.25) is 14.4 Å². The van der Waals surface area contributed by atoms with Gasteiger partial charge in [0.1, 0.15) is 5.92 Å². The van der Waals surface area contributed by atoms with Crippen LogP contribution in [0.5, 0.6) is 0 Å². The Morgan fingerprint density at radius 2 is 1.79 bits per heavy atom. The number of esters is 1. The fourth-order valence-corrected chi connectivity index (χ4v) is 2.33. The molecule has 1 atom stereocenters. The van der Waals surface area contributed by atoms with Crippen LogP contribution in [0.4, 0.5) is 8.78 Å². The van der Waals surface area contributed by atoms with E-state index >= 15 is 0 Å². The third-order valence-electron chi connectivity index (χ3n) is 3.32. The molecule has 1 aliphatic carbocycles. The molecule has 1 rings (SSSR count). The van der Waals surface area contributed by atoms with Crippen molar-refractivity contribution >= 4 is 17.5 Å². The van der Waals surface area contributed by atoms with Crippen LogP contribution in [0, 0.1) is 11.8 Å². The summed E-state index contributed by atoms with van der Waals surface area (Å²) in [4.78, 5) is 34.9. The Bertz CT molecular complexity index is 349. The van der Waals surface area contributed by atoms with Crippen LogP contribution < -0.4 is 0 Å². The molecule has 4 nitrogen and oxygen atoms in total. The molecule has 0 N–H and O–H groups in total. The lowest BCUT2D eigenvalue weighted by molar-refractivity contribution is -0.155. The van der Waals surface area contributed by atoms with Crippen LogP contribution in [0.15, 0.2) is 0 Å². The van der Waals surface area contributed by atoms with Crippen molar-refractivity contribution in [3.05, 3.63) is 0 Å². The molecule has 0 aliphatic heterocycles. The molecule has 0 bridgehead atoms. The molecule has 19 heavy (non-hydrogen) atoms. The van der Waals surface area contributed by atoms with Gasteiger partial charge < -0.3 is 4.74 Å². The minimum atomic E-state index is -3.16. The maximum Gasteiger partial charge on any atom is 0.316 e. The molecule has 0 amide bonds. The molecule has 0 radical (unpaired) electrons. The summed E-state index contributed by atoms with van der Waals surface area (Å²) in [5.74, 6) is -4.35. The van der Waals surface area contributed by atoms with Crippen LogP contribution in [-0.4, -0.2) is 30.6 Å². The minimum absolute atomic E-state index is 0.0517. The van der Waals surface area contributed by atoms with E-state index in [4.69, 9.17) is 4.74 Å². The predicted octanol–water partition coefficient (Wildman–Crippen LogP) is 2.15. The lowest BCUT2D eigenvalue weighted by Gasteiger charge is -2.17. The third-order valence-corrected chi connectivity index (χ3v) is 3.32. The van der Waals surface area contributed by atoms with Crippen molar-refractivity contribution < 1.29 is 27.9 Å². The van der Waals surface area contributed by atoms with Gasteiger partial charge in [-0.2, -0.15) is 0 Å². The number of rotatable bonds is 7. The first-order valence-corrected chi connectivity index (χ1v) is 6.48. The van der Waals surface area contributed by atoms with Crippen LogP contribution >= 0.6 is 0 Å². The maximum atomic E-state index is 12.3. The number of alkyl halides is 2. The van der Waals surface area contributed by atoms with Crippen molar-refractivity contribution in [1.82, 2.24) is 0 Å². The summed E-state index contributed by atoms with van der Waals surface area (Å²) in [5, 5.41) is 0. The number of ketones is 2. The molecule has 1 unspecified atom stereocenters. The maximum absolute atomic E-state index is 12.3. The van der Waals surface area contributed by atoms with Gasteiger partial charge in [-0.25, -0.2) is 8.78 Å². The molecule has 108 valence electrons. The van der Waals surface area contributed by atoms with Gasteiger partial charge in [-0.05, 0) is 19.8 Å². The second kappa shape index (κ2) is 7.31. The fraction of sp³-hybridized carbons (Fsp3) is 0.769. The molecule has 0 heterocycles. The van der Waals surface area contributed by atoms with E-state index in [0.717, 1.165) is 12.8 Å². The molecule has 6 heteroatoms. The Balaban J connectivity index is 2.75. The molecule has 1 fully saturated rings. The first-order chi connectivity index (χ1) is 8.97. The highest BCUT2D eigenvalue weighted by Gasteiger charge is 2.37. The lowest BCUT2D eigenvalue weighted by atomic mass is 9.88. The van der Waals surface area contributed by atoms with Crippen molar-refractivity contribution in [2.45, 2.75) is 45.5 Å². The summed E-state index contributed by atoms with van der Waals surface area (Å²) in [6.07, 6.45) is -0.849. The Morgan fingerprint density at radius 3 is 2.26 bits per heavy atom. The molecule has 0 saturated heterocycles. The van der Waals surface area contributed by atoms with Crippen LogP contribution in [0.3, 0.4) is 0 Å². The highest BCUT2D eigenvalue weighted by molar-refractivity contribution is 6.03. The van der Waals surface area contributed by atoms with Gasteiger partial charge in [-0.15, -0.1) is 0 Å². The topological polar surface area (TPSA) is 60.4 Å². The Hall–Kier alpha value is -1.33. The average molecular weight is 276 g/mol. The molecule has 0 aromatic heterocycles. The fourth-order valence-electron chi connectivity index (χ4n) is 2.33. The zero-order valence-corrected chi connectivity index (χ0v) is 10.9. The normalized spacial score (nSPS) is 17.5. The lowest BCUT2D eigenvalue weighted by Crippen LogP contribution is -2.33. The number of carbonyl (C=O) groups excluding carboxylic acids is 3. The average Bonchev–Trinajstić information content (AvgIpc) is 2.88. The predicted molar refractivity (Wildman–Crippen MR) is 62.7 cm³/mol. The van der Waals surface area contributed by atoms with Crippen LogP contribution in [0.1, 0.15) is 39.0 Å². The summed E-state index contributed by atoms with van der Waals surface area (Å²) in [5.41, 5.74) is 0. The SMILES string of the molecule is CCOC(=O)C(CC(=O)C(F)F)C(=O)C1CCCC1. The van der Waals surface area contributed by atoms with Crippen molar-refractivity contribution in [3.63, 3.8) is 0 Å². The van der Waals surface area contributed by atoms with E-state index in [-0.39, 0.29) is 12.5 Å². The van der Waals surface area contributed by atoms with Gasteiger partial charge in [0.25, 0.3) is 6.43 Å². The minimum Gasteiger partial charge on any atom is -0.465 e. The van der Waals surface area contributed by atoms with E-state index in [2.05, 4.69) is 0 Å². The van der Waals surface area contributed by atoms with Gasteiger partial charge in [0.05, 0.1) is 6.61 Å². The van der Waals surface area contributed by atoms with Crippen LogP contribution in [0.2, 0.25) is 0 Å². The van der Waals surface area contributed by atoms with E-state index in [1.807, 2.05) is 0 Å². The largest absolute Gasteiger partial charge is 0.465 e. The second-order valence-corrected chi connectivity index (χ2v) is 4.66. The molecule has 0 spiro atoms. The van der Waals surface area contributed by atoms with Crippen molar-refractivity contribution in [2.24, 2.45) is 11.8 Å². The van der Waals surface area contributed by atoms with E-state index in [1.165, 1.54) is 0 Å². The molecular weight excluding hydrogens is 258 g/mol. The first kappa shape index (κ1) is 15.7. The quantitative estimate of drug-likeness (QED) is 0.528. The van der Waals surface area contributed by atoms with Gasteiger partial charge in [0.15, 0.2) is 11.6 Å². The van der Waals surface area contributed by atoms with E-state index < -0.39 is 36.3 Å². The zero-order chi connectivity index (χ0) is 14.4. The van der Waals surface area contributed by atoms with E-state index in [1.54, 1.807) is 6.92 Å². The standard InChI is InChI=1S/C13H18F2O4/c1-2-19-13(18)9(7-10(16)12(14)15)11(17)8-5-3-4-6-8/h8-9,12H,2-7H2,1H3. The molecule has 1 aliphatic rings. The second-order valence-electron chi connectivity index (χ2n) is 4.66. The van der Waals surface area contributed by atoms with E-state index in [9.17, 15) is 23.2 Å². The van der Waals surface area contributed by atoms with Crippen molar-refractivity contribution in [3.8, 4) is 0 Å². The number of Topliss-reactive ketones (excluding diaryl/α,β-unsaturated/α-hetero) is 2. The first-order valence-electron chi connectivity index (χ1n) is 6.48. The van der Waals surface area contributed by atoms with Crippen LogP contribution in [0.25, 0.3) is 0 Å². The number of hydrogen-bond donors (Lipinski definition) is 0. The summed E-state index contributed by atoms with van der Waals surface area (Å²) in [6.45, 7) is 1.61. The Morgan fingerprint density at radius 1 is 1.21 bits per heavy atom. The monoisotopic (exact) mass is 276 g/mol.